The number of hydrogen-bond acceptors (Lipinski definition) is 2. The van der Waals surface area contributed by atoms with Gasteiger partial charge in [-0.1, -0.05) is 103 Å². The molecule has 0 aliphatic carbocycles. The number of pyridine rings is 1. The van der Waals surface area contributed by atoms with Gasteiger partial charge in [-0.25, -0.2) is 4.98 Å². The van der Waals surface area contributed by atoms with Gasteiger partial charge in [0.15, 0.2) is 0 Å². The molecule has 0 radical (unpaired) electrons. The second kappa shape index (κ2) is 8.23. The highest BCUT2D eigenvalue weighted by atomic mass is 16.1. The van der Waals surface area contributed by atoms with Crippen LogP contribution in [0, 0.1) is 0 Å². The minimum atomic E-state index is -0.0349. The number of nitrogens with zero attached hydrogens (tertiary/aromatic N) is 2. The molecule has 0 aliphatic rings. The molecule has 7 aromatic carbocycles. The molecule has 3 nitrogen and oxygen atoms in total. The van der Waals surface area contributed by atoms with Crippen molar-refractivity contribution in [1.29, 1.82) is 0 Å². The Morgan fingerprint density at radius 1 is 0.488 bits per heavy atom. The highest BCUT2D eigenvalue weighted by molar-refractivity contribution is 6.16. The van der Waals surface area contributed by atoms with Crippen LogP contribution in [0.5, 0.6) is 0 Å². The summed E-state index contributed by atoms with van der Waals surface area (Å²) < 4.78 is 1.83. The van der Waals surface area contributed by atoms with Crippen molar-refractivity contribution in [2.24, 2.45) is 0 Å². The van der Waals surface area contributed by atoms with Crippen LogP contribution in [0.1, 0.15) is 0 Å². The molecule has 0 unspecified atom stereocenters. The van der Waals surface area contributed by atoms with Crippen LogP contribution in [-0.2, 0) is 0 Å². The van der Waals surface area contributed by atoms with Gasteiger partial charge in [0.05, 0.1) is 11.0 Å². The van der Waals surface area contributed by atoms with Crippen LogP contribution in [0.3, 0.4) is 0 Å². The van der Waals surface area contributed by atoms with E-state index in [0.717, 1.165) is 54.8 Å². The van der Waals surface area contributed by atoms with E-state index in [4.69, 9.17) is 4.98 Å². The lowest BCUT2D eigenvalue weighted by molar-refractivity contribution is 1.19. The highest BCUT2D eigenvalue weighted by Crippen LogP contribution is 2.38. The Balaban J connectivity index is 1.44. The molecule has 2 heterocycles. The van der Waals surface area contributed by atoms with E-state index in [1.807, 2.05) is 22.6 Å². The lowest BCUT2D eigenvalue weighted by Crippen LogP contribution is -2.13. The molecule has 3 heteroatoms. The SMILES string of the molecule is O=c1c2cccc3cccc(c32)c2nc3cc(-c4ccc5ccccc5c4)cc(-c4ccc5ccccc5c4)c3n12. The minimum Gasteiger partial charge on any atom is -0.268 e. The maximum atomic E-state index is 14.2. The molecule has 0 saturated carbocycles. The van der Waals surface area contributed by atoms with Crippen molar-refractivity contribution in [2.75, 3.05) is 0 Å². The van der Waals surface area contributed by atoms with E-state index in [0.29, 0.717) is 11.0 Å². The van der Waals surface area contributed by atoms with Crippen molar-refractivity contribution in [1.82, 2.24) is 9.38 Å². The van der Waals surface area contributed by atoms with Gasteiger partial charge in [0.25, 0.3) is 5.56 Å². The Morgan fingerprint density at radius 3 is 1.83 bits per heavy atom. The number of fused-ring (bicyclic) bond motifs is 6. The summed E-state index contributed by atoms with van der Waals surface area (Å²) in [5, 5.41) is 8.49. The lowest BCUT2D eigenvalue weighted by Gasteiger charge is -2.12. The van der Waals surface area contributed by atoms with Gasteiger partial charge in [-0.15, -0.1) is 0 Å². The topological polar surface area (TPSA) is 34.4 Å². The lowest BCUT2D eigenvalue weighted by atomic mass is 9.94. The molecule has 9 aromatic rings. The minimum absolute atomic E-state index is 0.0349. The van der Waals surface area contributed by atoms with Crippen molar-refractivity contribution in [2.45, 2.75) is 0 Å². The van der Waals surface area contributed by atoms with Crippen molar-refractivity contribution < 1.29 is 0 Å². The maximum absolute atomic E-state index is 14.2. The van der Waals surface area contributed by atoms with Gasteiger partial charge in [0.1, 0.15) is 5.65 Å². The predicted molar refractivity (Wildman–Crippen MR) is 171 cm³/mol. The molecule has 0 N–H and O–H groups in total. The van der Waals surface area contributed by atoms with Crippen LogP contribution in [-0.4, -0.2) is 9.38 Å². The molecule has 9 rings (SSSR count). The van der Waals surface area contributed by atoms with E-state index in [1.165, 1.54) is 16.2 Å². The average molecular weight is 523 g/mol. The molecule has 0 saturated heterocycles. The Hall–Kier alpha value is -5.54. The summed E-state index contributed by atoms with van der Waals surface area (Å²) in [6.07, 6.45) is 0. The van der Waals surface area contributed by atoms with Gasteiger partial charge in [-0.2, -0.15) is 0 Å². The quantitative estimate of drug-likeness (QED) is 0.227. The van der Waals surface area contributed by atoms with Crippen LogP contribution < -0.4 is 5.56 Å². The summed E-state index contributed by atoms with van der Waals surface area (Å²) >= 11 is 0. The number of rotatable bonds is 2. The zero-order valence-electron chi connectivity index (χ0n) is 22.0. The first-order chi connectivity index (χ1) is 20.2. The number of aromatic nitrogens is 2. The van der Waals surface area contributed by atoms with Gasteiger partial charge in [0.2, 0.25) is 0 Å². The summed E-state index contributed by atoms with van der Waals surface area (Å²) in [7, 11) is 0. The smallest absolute Gasteiger partial charge is 0.264 e. The highest BCUT2D eigenvalue weighted by Gasteiger charge is 2.20. The second-order valence-electron chi connectivity index (χ2n) is 10.8. The number of hydrogen-bond donors (Lipinski definition) is 0. The standard InChI is InChI=1S/C38H22N2O/c41-38-32-14-6-12-25-11-5-13-31(35(25)32)37-39-34-22-30(28-17-15-23-7-1-3-9-26(23)19-28)21-33(36(34)40(37)38)29-18-16-24-8-2-4-10-27(24)20-29/h1-22H. The molecule has 2 aromatic heterocycles. The fourth-order valence-corrected chi connectivity index (χ4v) is 6.53. The second-order valence-corrected chi connectivity index (χ2v) is 10.8. The van der Waals surface area contributed by atoms with Crippen LogP contribution in [0.15, 0.2) is 138 Å². The third-order valence-electron chi connectivity index (χ3n) is 8.47. The van der Waals surface area contributed by atoms with E-state index in [9.17, 15) is 4.79 Å². The average Bonchev–Trinajstić information content (AvgIpc) is 3.43. The third kappa shape index (κ3) is 3.20. The van der Waals surface area contributed by atoms with Crippen molar-refractivity contribution >= 4 is 59.8 Å². The van der Waals surface area contributed by atoms with E-state index < -0.39 is 0 Å². The first-order valence-electron chi connectivity index (χ1n) is 13.8. The largest absolute Gasteiger partial charge is 0.268 e. The van der Waals surface area contributed by atoms with E-state index in [1.54, 1.807) is 0 Å². The Morgan fingerprint density at radius 2 is 1.10 bits per heavy atom. The molecule has 41 heavy (non-hydrogen) atoms. The van der Waals surface area contributed by atoms with Crippen LogP contribution in [0.25, 0.3) is 82.0 Å². The van der Waals surface area contributed by atoms with E-state index >= 15 is 0 Å². The first-order valence-corrected chi connectivity index (χ1v) is 13.8. The molecule has 0 atom stereocenters. The molecule has 0 aliphatic heterocycles. The van der Waals surface area contributed by atoms with Crippen molar-refractivity contribution in [3.05, 3.63) is 144 Å². The van der Waals surface area contributed by atoms with Crippen molar-refractivity contribution in [3.63, 3.8) is 0 Å². The monoisotopic (exact) mass is 522 g/mol. The Labute approximate surface area is 234 Å². The summed E-state index contributed by atoms with van der Waals surface area (Å²) in [5.74, 6) is 0. The van der Waals surface area contributed by atoms with E-state index in [2.05, 4.69) is 115 Å². The molecule has 0 bridgehead atoms. The first kappa shape index (κ1) is 22.3. The molecule has 0 fully saturated rings. The molecule has 0 spiro atoms. The summed E-state index contributed by atoms with van der Waals surface area (Å²) in [6.45, 7) is 0. The third-order valence-corrected chi connectivity index (χ3v) is 8.47. The molecule has 0 amide bonds. The molecular weight excluding hydrogens is 500 g/mol. The van der Waals surface area contributed by atoms with Crippen LogP contribution >= 0.6 is 0 Å². The molecular formula is C38H22N2O. The van der Waals surface area contributed by atoms with Crippen LogP contribution in [0.4, 0.5) is 0 Å². The van der Waals surface area contributed by atoms with Gasteiger partial charge < -0.3 is 0 Å². The number of benzene rings is 7. The Kier molecular flexibility index (Phi) is 4.48. The zero-order valence-corrected chi connectivity index (χ0v) is 22.0. The van der Waals surface area contributed by atoms with Gasteiger partial charge in [-0.3, -0.25) is 9.20 Å². The summed E-state index contributed by atoms with van der Waals surface area (Å²) in [5.41, 5.74) is 6.57. The Bertz CT molecular complexity index is 2550. The van der Waals surface area contributed by atoms with Crippen molar-refractivity contribution in [3.8, 4) is 22.3 Å². The fourth-order valence-electron chi connectivity index (χ4n) is 6.53. The fraction of sp³-hybridized carbons (Fsp3) is 0. The zero-order chi connectivity index (χ0) is 27.1. The maximum Gasteiger partial charge on any atom is 0.264 e. The van der Waals surface area contributed by atoms with Gasteiger partial charge >= 0.3 is 0 Å². The normalized spacial score (nSPS) is 12.0. The van der Waals surface area contributed by atoms with Gasteiger partial charge in [-0.05, 0) is 74.0 Å². The molecule has 190 valence electrons. The predicted octanol–water partition coefficient (Wildman–Crippen LogP) is 9.23. The van der Waals surface area contributed by atoms with Gasteiger partial charge in [0, 0.05) is 21.7 Å². The summed E-state index contributed by atoms with van der Waals surface area (Å²) in [6, 6.07) is 46.4. The summed E-state index contributed by atoms with van der Waals surface area (Å²) in [4.78, 5) is 19.4. The van der Waals surface area contributed by atoms with Crippen LogP contribution in [0.2, 0.25) is 0 Å². The van der Waals surface area contributed by atoms with E-state index in [-0.39, 0.29) is 5.56 Å². The number of imidazole rings is 1.